The average Bonchev–Trinajstić information content (AvgIpc) is 3.02. The van der Waals surface area contributed by atoms with E-state index in [1.54, 1.807) is 12.1 Å². The van der Waals surface area contributed by atoms with Gasteiger partial charge < -0.3 is 4.90 Å². The first-order valence-electron chi connectivity index (χ1n) is 10.2. The molecule has 1 amide bonds. The third-order valence-electron chi connectivity index (χ3n) is 6.10. The normalized spacial score (nSPS) is 15.3. The van der Waals surface area contributed by atoms with Crippen molar-refractivity contribution in [2.24, 2.45) is 5.92 Å². The van der Waals surface area contributed by atoms with Crippen molar-refractivity contribution in [3.05, 3.63) is 52.7 Å². The van der Waals surface area contributed by atoms with Crippen LogP contribution in [0.15, 0.2) is 24.3 Å². The molecule has 152 valence electrons. The summed E-state index contributed by atoms with van der Waals surface area (Å²) in [6.07, 6.45) is 2.49. The second-order valence-electron chi connectivity index (χ2n) is 8.20. The molecule has 0 radical (unpaired) electrons. The van der Waals surface area contributed by atoms with Gasteiger partial charge in [0, 0.05) is 35.6 Å². The first kappa shape index (κ1) is 19.6. The number of aromatic nitrogens is 3. The summed E-state index contributed by atoms with van der Waals surface area (Å²) in [4.78, 5) is 19.6. The van der Waals surface area contributed by atoms with Crippen LogP contribution in [0.3, 0.4) is 0 Å². The topological polar surface area (TPSA) is 50.5 Å². The van der Waals surface area contributed by atoms with E-state index in [9.17, 15) is 9.18 Å². The van der Waals surface area contributed by atoms with Crippen LogP contribution in [0.5, 0.6) is 0 Å². The van der Waals surface area contributed by atoms with Gasteiger partial charge in [-0.2, -0.15) is 5.10 Å². The van der Waals surface area contributed by atoms with Gasteiger partial charge in [-0.1, -0.05) is 19.1 Å². The SMILES string of the molecule is Cc1nc2c(-c3ccc(F)cc3)c(C)nn2c(C)c1CC(=O)N1CCC(C)CC1. The molecule has 29 heavy (non-hydrogen) atoms. The highest BCUT2D eigenvalue weighted by molar-refractivity contribution is 5.82. The lowest BCUT2D eigenvalue weighted by atomic mass is 9.98. The van der Waals surface area contributed by atoms with E-state index in [-0.39, 0.29) is 11.7 Å². The van der Waals surface area contributed by atoms with Crippen LogP contribution in [0, 0.1) is 32.5 Å². The molecule has 0 atom stereocenters. The van der Waals surface area contributed by atoms with Gasteiger partial charge in [-0.25, -0.2) is 13.9 Å². The maximum atomic E-state index is 13.3. The van der Waals surface area contributed by atoms with Crippen molar-refractivity contribution in [1.82, 2.24) is 19.5 Å². The summed E-state index contributed by atoms with van der Waals surface area (Å²) in [6, 6.07) is 6.40. The van der Waals surface area contributed by atoms with Crippen molar-refractivity contribution in [3.63, 3.8) is 0 Å². The summed E-state index contributed by atoms with van der Waals surface area (Å²) >= 11 is 0. The van der Waals surface area contributed by atoms with E-state index in [1.165, 1.54) is 12.1 Å². The smallest absolute Gasteiger partial charge is 0.227 e. The van der Waals surface area contributed by atoms with Crippen LogP contribution in [-0.4, -0.2) is 38.5 Å². The second kappa shape index (κ2) is 7.58. The highest BCUT2D eigenvalue weighted by atomic mass is 19.1. The zero-order valence-corrected chi connectivity index (χ0v) is 17.5. The minimum Gasteiger partial charge on any atom is -0.342 e. The lowest BCUT2D eigenvalue weighted by Gasteiger charge is -2.30. The Morgan fingerprint density at radius 3 is 2.41 bits per heavy atom. The van der Waals surface area contributed by atoms with Gasteiger partial charge >= 0.3 is 0 Å². The summed E-state index contributed by atoms with van der Waals surface area (Å²) in [5.41, 5.74) is 6.08. The number of fused-ring (bicyclic) bond motifs is 1. The van der Waals surface area contributed by atoms with Crippen molar-refractivity contribution >= 4 is 11.6 Å². The largest absolute Gasteiger partial charge is 0.342 e. The lowest BCUT2D eigenvalue weighted by Crippen LogP contribution is -2.39. The average molecular weight is 394 g/mol. The molecule has 0 saturated carbocycles. The predicted molar refractivity (Wildman–Crippen MR) is 111 cm³/mol. The van der Waals surface area contributed by atoms with Gasteiger partial charge in [-0.3, -0.25) is 4.79 Å². The van der Waals surface area contributed by atoms with Gasteiger partial charge in [0.2, 0.25) is 5.91 Å². The monoisotopic (exact) mass is 394 g/mol. The van der Waals surface area contributed by atoms with E-state index in [4.69, 9.17) is 4.98 Å². The molecule has 5 nitrogen and oxygen atoms in total. The highest BCUT2D eigenvalue weighted by Crippen LogP contribution is 2.29. The Bertz CT molecular complexity index is 1060. The Labute approximate surface area is 170 Å². The molecule has 1 aliphatic heterocycles. The molecule has 0 bridgehead atoms. The Hall–Kier alpha value is -2.76. The van der Waals surface area contributed by atoms with E-state index in [0.29, 0.717) is 12.3 Å². The van der Waals surface area contributed by atoms with Crippen LogP contribution in [-0.2, 0) is 11.2 Å². The number of piperidine rings is 1. The summed E-state index contributed by atoms with van der Waals surface area (Å²) in [5, 5.41) is 4.68. The molecule has 0 spiro atoms. The molecule has 6 heteroatoms. The Morgan fingerprint density at radius 2 is 1.76 bits per heavy atom. The number of likely N-dealkylation sites (tertiary alicyclic amines) is 1. The summed E-state index contributed by atoms with van der Waals surface area (Å²) in [5.74, 6) is 0.584. The first-order chi connectivity index (χ1) is 13.8. The predicted octanol–water partition coefficient (Wildman–Crippen LogP) is 4.26. The number of hydrogen-bond donors (Lipinski definition) is 0. The molecule has 1 aromatic carbocycles. The van der Waals surface area contributed by atoms with Gasteiger partial charge in [0.1, 0.15) is 5.82 Å². The number of halogens is 1. The standard InChI is InChI=1S/C23H27FN4O/c1-14-9-11-27(12-10-14)21(29)13-20-15(2)25-23-22(16(3)26-28(23)17(20)4)18-5-7-19(24)8-6-18/h5-8,14H,9-13H2,1-4H3. The van der Waals surface area contributed by atoms with Crippen LogP contribution in [0.1, 0.15) is 42.4 Å². The van der Waals surface area contributed by atoms with Crippen molar-refractivity contribution in [3.8, 4) is 11.1 Å². The number of amides is 1. The van der Waals surface area contributed by atoms with E-state index < -0.39 is 0 Å². The zero-order chi connectivity index (χ0) is 20.7. The van der Waals surface area contributed by atoms with Crippen LogP contribution in [0.4, 0.5) is 4.39 Å². The second-order valence-corrected chi connectivity index (χ2v) is 8.20. The molecule has 0 N–H and O–H groups in total. The Kier molecular flexibility index (Phi) is 5.11. The molecule has 2 aromatic heterocycles. The van der Waals surface area contributed by atoms with Crippen molar-refractivity contribution in [2.45, 2.75) is 47.0 Å². The fourth-order valence-corrected chi connectivity index (χ4v) is 4.20. The number of rotatable bonds is 3. The van der Waals surface area contributed by atoms with Gasteiger partial charge in [0.05, 0.1) is 12.1 Å². The molecule has 1 fully saturated rings. The molecule has 3 heterocycles. The maximum absolute atomic E-state index is 13.3. The maximum Gasteiger partial charge on any atom is 0.227 e. The molecule has 0 unspecified atom stereocenters. The van der Waals surface area contributed by atoms with Crippen LogP contribution >= 0.6 is 0 Å². The fourth-order valence-electron chi connectivity index (χ4n) is 4.20. The molecule has 4 rings (SSSR count). The van der Waals surface area contributed by atoms with Gasteiger partial charge in [-0.05, 0) is 57.2 Å². The lowest BCUT2D eigenvalue weighted by molar-refractivity contribution is -0.131. The van der Waals surface area contributed by atoms with E-state index in [0.717, 1.165) is 65.4 Å². The van der Waals surface area contributed by atoms with E-state index in [2.05, 4.69) is 12.0 Å². The molecular weight excluding hydrogens is 367 g/mol. The third kappa shape index (κ3) is 3.63. The number of hydrogen-bond acceptors (Lipinski definition) is 3. The molecule has 1 aliphatic rings. The molecule has 3 aromatic rings. The number of aryl methyl sites for hydroxylation is 3. The minimum atomic E-state index is -0.267. The quantitative estimate of drug-likeness (QED) is 0.667. The molecular formula is C23H27FN4O. The van der Waals surface area contributed by atoms with Crippen molar-refractivity contribution in [2.75, 3.05) is 13.1 Å². The number of benzene rings is 1. The molecule has 0 aliphatic carbocycles. The first-order valence-corrected chi connectivity index (χ1v) is 10.2. The van der Waals surface area contributed by atoms with E-state index in [1.807, 2.05) is 30.2 Å². The summed E-state index contributed by atoms with van der Waals surface area (Å²) in [7, 11) is 0. The van der Waals surface area contributed by atoms with Crippen molar-refractivity contribution < 1.29 is 9.18 Å². The zero-order valence-electron chi connectivity index (χ0n) is 17.5. The van der Waals surface area contributed by atoms with E-state index >= 15 is 0 Å². The van der Waals surface area contributed by atoms with Crippen LogP contribution in [0.2, 0.25) is 0 Å². The summed E-state index contributed by atoms with van der Waals surface area (Å²) < 4.78 is 15.2. The number of carbonyl (C=O) groups is 1. The van der Waals surface area contributed by atoms with Crippen LogP contribution < -0.4 is 0 Å². The highest BCUT2D eigenvalue weighted by Gasteiger charge is 2.24. The van der Waals surface area contributed by atoms with Gasteiger partial charge in [0.15, 0.2) is 5.65 Å². The van der Waals surface area contributed by atoms with Gasteiger partial charge in [0.25, 0.3) is 0 Å². The molecule has 1 saturated heterocycles. The Balaban J connectivity index is 1.70. The van der Waals surface area contributed by atoms with Crippen molar-refractivity contribution in [1.29, 1.82) is 0 Å². The van der Waals surface area contributed by atoms with Crippen LogP contribution in [0.25, 0.3) is 16.8 Å². The minimum absolute atomic E-state index is 0.159. The fraction of sp³-hybridized carbons (Fsp3) is 0.435. The number of carbonyl (C=O) groups excluding carboxylic acids is 1. The Morgan fingerprint density at radius 1 is 1.10 bits per heavy atom. The summed E-state index contributed by atoms with van der Waals surface area (Å²) in [6.45, 7) is 9.79. The van der Waals surface area contributed by atoms with Gasteiger partial charge in [-0.15, -0.1) is 0 Å². The third-order valence-corrected chi connectivity index (χ3v) is 6.10. The number of nitrogens with zero attached hydrogens (tertiary/aromatic N) is 4.